The molecule has 0 atom stereocenters. The van der Waals surface area contributed by atoms with Crippen LogP contribution in [0.2, 0.25) is 0 Å². The molecule has 1 aliphatic heterocycles. The van der Waals surface area contributed by atoms with Crippen LogP contribution in [0, 0.1) is 0 Å². The summed E-state index contributed by atoms with van der Waals surface area (Å²) in [5.74, 6) is 2.13. The standard InChI is InChI=1S/C27H31N3O4/c1-27(2,21-7-5-4-6-8-21)26(32)30-17-15-29(16-18-30)25(31)14-13-24-28-19-23(34-24)20-9-11-22(33-3)12-10-20/h4-12,19H,13-18H2,1-3H3. The van der Waals surface area contributed by atoms with Gasteiger partial charge in [0.2, 0.25) is 11.8 Å². The zero-order valence-corrected chi connectivity index (χ0v) is 20.0. The van der Waals surface area contributed by atoms with Crippen LogP contribution in [0.4, 0.5) is 0 Å². The van der Waals surface area contributed by atoms with E-state index in [1.54, 1.807) is 13.3 Å². The number of oxazole rings is 1. The SMILES string of the molecule is COc1ccc(-c2cnc(CCC(=O)N3CCN(C(=O)C(C)(C)c4ccccc4)CC3)o2)cc1. The Morgan fingerprint density at radius 1 is 0.971 bits per heavy atom. The lowest BCUT2D eigenvalue weighted by Crippen LogP contribution is -2.54. The minimum atomic E-state index is -0.597. The highest BCUT2D eigenvalue weighted by Crippen LogP contribution is 2.26. The number of carbonyl (C=O) groups is 2. The number of carbonyl (C=O) groups excluding carboxylic acids is 2. The molecule has 1 aromatic heterocycles. The van der Waals surface area contributed by atoms with E-state index >= 15 is 0 Å². The van der Waals surface area contributed by atoms with Crippen LogP contribution in [0.3, 0.4) is 0 Å². The topological polar surface area (TPSA) is 75.9 Å². The number of methoxy groups -OCH3 is 1. The summed E-state index contributed by atoms with van der Waals surface area (Å²) >= 11 is 0. The van der Waals surface area contributed by atoms with Crippen LogP contribution in [-0.4, -0.2) is 59.9 Å². The van der Waals surface area contributed by atoms with Gasteiger partial charge in [-0.1, -0.05) is 30.3 Å². The largest absolute Gasteiger partial charge is 0.497 e. The van der Waals surface area contributed by atoms with E-state index in [0.717, 1.165) is 16.9 Å². The molecule has 2 amide bonds. The first-order chi connectivity index (χ1) is 16.4. The summed E-state index contributed by atoms with van der Waals surface area (Å²) < 4.78 is 11.0. The van der Waals surface area contributed by atoms with Crippen molar-refractivity contribution in [1.29, 1.82) is 0 Å². The van der Waals surface area contributed by atoms with Crippen LogP contribution in [0.1, 0.15) is 31.7 Å². The molecule has 1 aliphatic rings. The molecule has 0 bridgehead atoms. The van der Waals surface area contributed by atoms with Crippen molar-refractivity contribution in [3.63, 3.8) is 0 Å². The maximum atomic E-state index is 13.2. The van der Waals surface area contributed by atoms with Gasteiger partial charge in [0.25, 0.3) is 0 Å². The Hall–Kier alpha value is -3.61. The van der Waals surface area contributed by atoms with E-state index in [4.69, 9.17) is 9.15 Å². The molecule has 178 valence electrons. The summed E-state index contributed by atoms with van der Waals surface area (Å²) in [5.41, 5.74) is 1.31. The number of hydrogen-bond donors (Lipinski definition) is 0. The number of ether oxygens (including phenoxy) is 1. The maximum Gasteiger partial charge on any atom is 0.232 e. The van der Waals surface area contributed by atoms with Crippen molar-refractivity contribution in [2.45, 2.75) is 32.1 Å². The lowest BCUT2D eigenvalue weighted by molar-refractivity contribution is -0.142. The molecule has 34 heavy (non-hydrogen) atoms. The van der Waals surface area contributed by atoms with Gasteiger partial charge in [0.15, 0.2) is 11.7 Å². The van der Waals surface area contributed by atoms with E-state index in [1.807, 2.05) is 78.2 Å². The van der Waals surface area contributed by atoms with E-state index in [-0.39, 0.29) is 11.8 Å². The molecule has 1 saturated heterocycles. The van der Waals surface area contributed by atoms with E-state index in [9.17, 15) is 9.59 Å². The highest BCUT2D eigenvalue weighted by atomic mass is 16.5. The fourth-order valence-electron chi connectivity index (χ4n) is 4.22. The first kappa shape index (κ1) is 23.5. The second kappa shape index (κ2) is 10.1. The van der Waals surface area contributed by atoms with Crippen molar-refractivity contribution < 1.29 is 18.7 Å². The van der Waals surface area contributed by atoms with Gasteiger partial charge in [-0.3, -0.25) is 9.59 Å². The fourth-order valence-corrected chi connectivity index (χ4v) is 4.22. The van der Waals surface area contributed by atoms with Gasteiger partial charge in [0.05, 0.1) is 18.7 Å². The van der Waals surface area contributed by atoms with Crippen LogP contribution in [0.15, 0.2) is 65.2 Å². The Morgan fingerprint density at radius 3 is 2.26 bits per heavy atom. The minimum Gasteiger partial charge on any atom is -0.497 e. The molecule has 2 aromatic carbocycles. The summed E-state index contributed by atoms with van der Waals surface area (Å²) in [4.78, 5) is 33.9. The average Bonchev–Trinajstić information content (AvgIpc) is 3.36. The molecule has 0 spiro atoms. The van der Waals surface area contributed by atoms with E-state index in [2.05, 4.69) is 4.98 Å². The molecule has 0 aliphatic carbocycles. The van der Waals surface area contributed by atoms with Crippen molar-refractivity contribution in [3.8, 4) is 17.1 Å². The number of aryl methyl sites for hydroxylation is 1. The molecule has 3 aromatic rings. The number of amides is 2. The molecule has 2 heterocycles. The Labute approximate surface area is 200 Å². The van der Waals surface area contributed by atoms with E-state index in [0.29, 0.717) is 50.7 Å². The van der Waals surface area contributed by atoms with Gasteiger partial charge in [-0.15, -0.1) is 0 Å². The Kier molecular flexibility index (Phi) is 7.01. The predicted octanol–water partition coefficient (Wildman–Crippen LogP) is 3.93. The number of hydrogen-bond acceptors (Lipinski definition) is 5. The van der Waals surface area contributed by atoms with Crippen LogP contribution >= 0.6 is 0 Å². The molecule has 0 radical (unpaired) electrons. The third kappa shape index (κ3) is 5.14. The van der Waals surface area contributed by atoms with Crippen LogP contribution in [0.25, 0.3) is 11.3 Å². The van der Waals surface area contributed by atoms with Gasteiger partial charge in [-0.25, -0.2) is 4.98 Å². The molecular formula is C27H31N3O4. The highest BCUT2D eigenvalue weighted by molar-refractivity contribution is 5.87. The maximum absolute atomic E-state index is 13.2. The van der Waals surface area contributed by atoms with Crippen LogP contribution in [-0.2, 0) is 21.4 Å². The molecule has 0 unspecified atom stereocenters. The molecule has 7 heteroatoms. The van der Waals surface area contributed by atoms with E-state index < -0.39 is 5.41 Å². The zero-order valence-electron chi connectivity index (χ0n) is 20.0. The molecule has 0 N–H and O–H groups in total. The summed E-state index contributed by atoms with van der Waals surface area (Å²) in [7, 11) is 1.63. The number of benzene rings is 2. The van der Waals surface area contributed by atoms with E-state index in [1.165, 1.54) is 0 Å². The van der Waals surface area contributed by atoms with Crippen LogP contribution < -0.4 is 4.74 Å². The van der Waals surface area contributed by atoms with Gasteiger partial charge in [-0.2, -0.15) is 0 Å². The van der Waals surface area contributed by atoms with Crippen LogP contribution in [0.5, 0.6) is 5.75 Å². The number of nitrogens with zero attached hydrogens (tertiary/aromatic N) is 3. The smallest absolute Gasteiger partial charge is 0.232 e. The average molecular weight is 462 g/mol. The van der Waals surface area contributed by atoms with Crippen molar-refractivity contribution in [2.24, 2.45) is 0 Å². The Morgan fingerprint density at radius 2 is 1.62 bits per heavy atom. The molecule has 7 nitrogen and oxygen atoms in total. The first-order valence-electron chi connectivity index (χ1n) is 11.6. The summed E-state index contributed by atoms with van der Waals surface area (Å²) in [6, 6.07) is 17.4. The minimum absolute atomic E-state index is 0.0543. The molecular weight excluding hydrogens is 430 g/mol. The van der Waals surface area contributed by atoms with Gasteiger partial charge < -0.3 is 19.0 Å². The van der Waals surface area contributed by atoms with Gasteiger partial charge >= 0.3 is 0 Å². The Balaban J connectivity index is 1.27. The lowest BCUT2D eigenvalue weighted by atomic mass is 9.83. The monoisotopic (exact) mass is 461 g/mol. The summed E-state index contributed by atoms with van der Waals surface area (Å²) in [6.45, 7) is 6.08. The number of rotatable bonds is 7. The van der Waals surface area contributed by atoms with Crippen molar-refractivity contribution in [3.05, 3.63) is 72.2 Å². The molecule has 1 fully saturated rings. The second-order valence-corrected chi connectivity index (χ2v) is 9.01. The van der Waals surface area contributed by atoms with Crippen molar-refractivity contribution >= 4 is 11.8 Å². The zero-order chi connectivity index (χ0) is 24.1. The highest BCUT2D eigenvalue weighted by Gasteiger charge is 2.35. The van der Waals surface area contributed by atoms with Crippen molar-refractivity contribution in [1.82, 2.24) is 14.8 Å². The summed E-state index contributed by atoms with van der Waals surface area (Å²) in [5, 5.41) is 0. The van der Waals surface area contributed by atoms with Gasteiger partial charge in [0, 0.05) is 44.6 Å². The van der Waals surface area contributed by atoms with Gasteiger partial charge in [0.1, 0.15) is 5.75 Å². The molecule has 0 saturated carbocycles. The predicted molar refractivity (Wildman–Crippen MR) is 129 cm³/mol. The number of aromatic nitrogens is 1. The quantitative estimate of drug-likeness (QED) is 0.533. The number of piperazine rings is 1. The fraction of sp³-hybridized carbons (Fsp3) is 0.370. The van der Waals surface area contributed by atoms with Crippen molar-refractivity contribution in [2.75, 3.05) is 33.3 Å². The lowest BCUT2D eigenvalue weighted by Gasteiger charge is -2.38. The second-order valence-electron chi connectivity index (χ2n) is 9.01. The summed E-state index contributed by atoms with van der Waals surface area (Å²) in [6.07, 6.45) is 2.45. The third-order valence-electron chi connectivity index (χ3n) is 6.43. The Bertz CT molecular complexity index is 1110. The normalized spacial score (nSPS) is 14.2. The third-order valence-corrected chi connectivity index (χ3v) is 6.43. The molecule has 4 rings (SSSR count). The first-order valence-corrected chi connectivity index (χ1v) is 11.6. The van der Waals surface area contributed by atoms with Gasteiger partial charge in [-0.05, 0) is 43.7 Å².